The molecule has 0 aromatic heterocycles. The molecule has 0 aliphatic carbocycles. The molecule has 1 atom stereocenters. The molecule has 0 bridgehead atoms. The van der Waals surface area contributed by atoms with E-state index in [1.807, 2.05) is 24.3 Å². The lowest BCUT2D eigenvalue weighted by atomic mass is 10.0. The molecule has 0 unspecified atom stereocenters. The fraction of sp³-hybridized carbons (Fsp3) is 0.174. The average molecular weight is 391 g/mol. The van der Waals surface area contributed by atoms with E-state index >= 15 is 0 Å². The summed E-state index contributed by atoms with van der Waals surface area (Å²) in [4.78, 5) is 0. The molecule has 3 aromatic carbocycles. The molecule has 1 aliphatic rings. The summed E-state index contributed by atoms with van der Waals surface area (Å²) in [6.07, 6.45) is 0. The first-order chi connectivity index (χ1) is 13.7. The minimum Gasteiger partial charge on any atom is -0.454 e. The smallest absolute Gasteiger partial charge is 0.231 e. The van der Waals surface area contributed by atoms with Gasteiger partial charge in [-0.15, -0.1) is 0 Å². The molecule has 0 spiro atoms. The summed E-state index contributed by atoms with van der Waals surface area (Å²) in [7, 11) is 0. The monoisotopic (exact) mass is 390 g/mol. The van der Waals surface area contributed by atoms with Crippen molar-refractivity contribution in [1.82, 2.24) is 10.6 Å². The molecule has 4 rings (SSSR count). The highest BCUT2D eigenvalue weighted by atomic mass is 32.1. The van der Waals surface area contributed by atoms with Crippen LogP contribution in [0.25, 0.3) is 11.1 Å². The molecule has 2 N–H and O–H groups in total. The van der Waals surface area contributed by atoms with Crippen LogP contribution >= 0.6 is 12.2 Å². The van der Waals surface area contributed by atoms with Crippen molar-refractivity contribution in [1.29, 1.82) is 0 Å². The standard InChI is InChI=1S/C23H22N2O2S/c1-16(18-8-10-20(11-9-18)19-5-3-2-4-6-19)25-23(28)24-14-17-7-12-21-22(13-17)27-15-26-21/h2-13,16H,14-15H2,1H3,(H2,24,25,28)/t16-/m0/s1. The van der Waals surface area contributed by atoms with E-state index < -0.39 is 0 Å². The maximum Gasteiger partial charge on any atom is 0.231 e. The van der Waals surface area contributed by atoms with Crippen molar-refractivity contribution in [2.24, 2.45) is 0 Å². The zero-order valence-electron chi connectivity index (χ0n) is 15.6. The largest absolute Gasteiger partial charge is 0.454 e. The minimum atomic E-state index is 0.113. The Balaban J connectivity index is 1.31. The van der Waals surface area contributed by atoms with Gasteiger partial charge in [-0.05, 0) is 53.5 Å². The van der Waals surface area contributed by atoms with Gasteiger partial charge in [-0.2, -0.15) is 0 Å². The first kappa shape index (κ1) is 18.3. The van der Waals surface area contributed by atoms with Crippen molar-refractivity contribution >= 4 is 17.3 Å². The molecule has 5 heteroatoms. The fourth-order valence-electron chi connectivity index (χ4n) is 3.16. The third-order valence-electron chi connectivity index (χ3n) is 4.76. The van der Waals surface area contributed by atoms with Crippen LogP contribution in [-0.2, 0) is 6.54 Å². The molecule has 4 nitrogen and oxygen atoms in total. The van der Waals surface area contributed by atoms with Gasteiger partial charge in [0.25, 0.3) is 0 Å². The second-order valence-electron chi connectivity index (χ2n) is 6.72. The zero-order chi connectivity index (χ0) is 19.3. The van der Waals surface area contributed by atoms with Gasteiger partial charge in [-0.1, -0.05) is 60.7 Å². The summed E-state index contributed by atoms with van der Waals surface area (Å²) in [6, 6.07) is 25.0. The highest BCUT2D eigenvalue weighted by Gasteiger charge is 2.13. The van der Waals surface area contributed by atoms with Crippen molar-refractivity contribution < 1.29 is 9.47 Å². The van der Waals surface area contributed by atoms with Gasteiger partial charge >= 0.3 is 0 Å². The zero-order valence-corrected chi connectivity index (χ0v) is 16.5. The van der Waals surface area contributed by atoms with Gasteiger partial charge in [0.15, 0.2) is 16.6 Å². The quantitative estimate of drug-likeness (QED) is 0.612. The number of rotatable bonds is 5. The number of nitrogens with one attached hydrogen (secondary N) is 2. The van der Waals surface area contributed by atoms with Crippen LogP contribution in [0.4, 0.5) is 0 Å². The lowest BCUT2D eigenvalue weighted by Crippen LogP contribution is -2.36. The average Bonchev–Trinajstić information content (AvgIpc) is 3.21. The minimum absolute atomic E-state index is 0.113. The highest BCUT2D eigenvalue weighted by Crippen LogP contribution is 2.32. The molecule has 0 saturated carbocycles. The third-order valence-corrected chi connectivity index (χ3v) is 5.02. The third kappa shape index (κ3) is 4.26. The van der Waals surface area contributed by atoms with Gasteiger partial charge in [-0.3, -0.25) is 0 Å². The number of benzene rings is 3. The van der Waals surface area contributed by atoms with E-state index in [4.69, 9.17) is 21.7 Å². The molecule has 0 amide bonds. The second-order valence-corrected chi connectivity index (χ2v) is 7.13. The summed E-state index contributed by atoms with van der Waals surface area (Å²) >= 11 is 5.45. The van der Waals surface area contributed by atoms with E-state index in [-0.39, 0.29) is 12.8 Å². The fourth-order valence-corrected chi connectivity index (χ4v) is 3.41. The van der Waals surface area contributed by atoms with Gasteiger partial charge in [0.2, 0.25) is 6.79 Å². The predicted molar refractivity (Wildman–Crippen MR) is 115 cm³/mol. The van der Waals surface area contributed by atoms with Crippen LogP contribution in [-0.4, -0.2) is 11.9 Å². The number of hydrogen-bond acceptors (Lipinski definition) is 3. The van der Waals surface area contributed by atoms with Crippen molar-refractivity contribution in [3.63, 3.8) is 0 Å². The van der Waals surface area contributed by atoms with Crippen molar-refractivity contribution in [3.05, 3.63) is 83.9 Å². The summed E-state index contributed by atoms with van der Waals surface area (Å²) in [5, 5.41) is 7.22. The summed E-state index contributed by atoms with van der Waals surface area (Å²) in [5.41, 5.74) is 4.70. The van der Waals surface area contributed by atoms with Gasteiger partial charge in [0.05, 0.1) is 6.04 Å². The molecule has 142 valence electrons. The van der Waals surface area contributed by atoms with Gasteiger partial charge in [0.1, 0.15) is 0 Å². The second kappa shape index (κ2) is 8.31. The SMILES string of the molecule is C[C@H](NC(=S)NCc1ccc2c(c1)OCO2)c1ccc(-c2ccccc2)cc1. The maximum absolute atomic E-state index is 5.45. The maximum atomic E-state index is 5.45. The van der Waals surface area contributed by atoms with Crippen LogP contribution in [0, 0.1) is 0 Å². The van der Waals surface area contributed by atoms with Crippen molar-refractivity contribution in [2.75, 3.05) is 6.79 Å². The lowest BCUT2D eigenvalue weighted by Gasteiger charge is -2.18. The van der Waals surface area contributed by atoms with E-state index in [1.165, 1.54) is 16.7 Å². The Bertz CT molecular complexity index is 958. The van der Waals surface area contributed by atoms with Crippen molar-refractivity contribution in [3.8, 4) is 22.6 Å². The summed E-state index contributed by atoms with van der Waals surface area (Å²) < 4.78 is 10.7. The molecule has 1 aliphatic heterocycles. The Labute approximate surface area is 170 Å². The number of thiocarbonyl (C=S) groups is 1. The Hall–Kier alpha value is -3.05. The van der Waals surface area contributed by atoms with Crippen LogP contribution in [0.5, 0.6) is 11.5 Å². The predicted octanol–water partition coefficient (Wildman–Crippen LogP) is 4.81. The first-order valence-electron chi connectivity index (χ1n) is 9.27. The Morgan fingerprint density at radius 2 is 1.64 bits per heavy atom. The number of ether oxygens (including phenoxy) is 2. The number of hydrogen-bond donors (Lipinski definition) is 2. The number of fused-ring (bicyclic) bond motifs is 1. The Kier molecular flexibility index (Phi) is 5.44. The van der Waals surface area contributed by atoms with E-state index in [2.05, 4.69) is 66.1 Å². The molecule has 28 heavy (non-hydrogen) atoms. The molecule has 0 saturated heterocycles. The molecule has 1 heterocycles. The van der Waals surface area contributed by atoms with Gasteiger partial charge in [0, 0.05) is 6.54 Å². The Morgan fingerprint density at radius 1 is 0.929 bits per heavy atom. The summed E-state index contributed by atoms with van der Waals surface area (Å²) in [5.74, 6) is 1.57. The van der Waals surface area contributed by atoms with E-state index in [9.17, 15) is 0 Å². The molecule has 0 radical (unpaired) electrons. The lowest BCUT2D eigenvalue weighted by molar-refractivity contribution is 0.174. The van der Waals surface area contributed by atoms with Crippen LogP contribution < -0.4 is 20.1 Å². The Morgan fingerprint density at radius 3 is 2.43 bits per heavy atom. The van der Waals surface area contributed by atoms with E-state index in [0.717, 1.165) is 17.1 Å². The topological polar surface area (TPSA) is 42.5 Å². The van der Waals surface area contributed by atoms with Gasteiger partial charge in [-0.25, -0.2) is 0 Å². The van der Waals surface area contributed by atoms with Crippen LogP contribution in [0.3, 0.4) is 0 Å². The van der Waals surface area contributed by atoms with Crippen LogP contribution in [0.2, 0.25) is 0 Å². The van der Waals surface area contributed by atoms with Crippen LogP contribution in [0.1, 0.15) is 24.1 Å². The molecule has 0 fully saturated rings. The normalized spacial score (nSPS) is 13.0. The summed E-state index contributed by atoms with van der Waals surface area (Å²) in [6.45, 7) is 3.01. The van der Waals surface area contributed by atoms with Gasteiger partial charge < -0.3 is 20.1 Å². The molecular formula is C23H22N2O2S. The van der Waals surface area contributed by atoms with Crippen LogP contribution in [0.15, 0.2) is 72.8 Å². The molecular weight excluding hydrogens is 368 g/mol. The van der Waals surface area contributed by atoms with E-state index in [0.29, 0.717) is 11.7 Å². The van der Waals surface area contributed by atoms with Crippen molar-refractivity contribution in [2.45, 2.75) is 19.5 Å². The first-order valence-corrected chi connectivity index (χ1v) is 9.68. The highest BCUT2D eigenvalue weighted by molar-refractivity contribution is 7.80. The molecule has 3 aromatic rings. The van der Waals surface area contributed by atoms with E-state index in [1.54, 1.807) is 0 Å².